The molecule has 17 heavy (non-hydrogen) atoms. The molecule has 0 aliphatic carbocycles. The van der Waals surface area contributed by atoms with Gasteiger partial charge in [-0.25, -0.2) is 0 Å². The van der Waals surface area contributed by atoms with Gasteiger partial charge in [0, 0.05) is 11.9 Å². The van der Waals surface area contributed by atoms with Gasteiger partial charge in [-0.05, 0) is 44.2 Å². The molecule has 3 nitrogen and oxygen atoms in total. The van der Waals surface area contributed by atoms with E-state index in [1.54, 1.807) is 0 Å². The number of aromatic nitrogens is 1. The summed E-state index contributed by atoms with van der Waals surface area (Å²) in [5.41, 5.74) is 2.51. The average molecular weight is 237 g/mol. The van der Waals surface area contributed by atoms with Crippen molar-refractivity contribution in [2.24, 2.45) is 5.92 Å². The molecule has 1 heterocycles. The number of hydrogen-bond acceptors (Lipinski definition) is 1. The summed E-state index contributed by atoms with van der Waals surface area (Å²) in [6.45, 7) is 4.18. The lowest BCUT2D eigenvalue weighted by Gasteiger charge is -2.11. The summed E-state index contributed by atoms with van der Waals surface area (Å²) < 4.78 is 0. The molecule has 0 aromatic carbocycles. The van der Waals surface area contributed by atoms with Crippen LogP contribution in [0, 0.1) is 12.8 Å². The molecule has 0 spiro atoms. The summed E-state index contributed by atoms with van der Waals surface area (Å²) >= 11 is 0. The average Bonchev–Trinajstić information content (AvgIpc) is 2.69. The highest BCUT2D eigenvalue weighted by molar-refractivity contribution is 5.69. The van der Waals surface area contributed by atoms with Crippen LogP contribution in [0.2, 0.25) is 0 Å². The Morgan fingerprint density at radius 3 is 2.65 bits per heavy atom. The Morgan fingerprint density at radius 1 is 1.41 bits per heavy atom. The van der Waals surface area contributed by atoms with E-state index in [9.17, 15) is 4.79 Å². The van der Waals surface area contributed by atoms with Crippen LogP contribution in [-0.4, -0.2) is 16.1 Å². The van der Waals surface area contributed by atoms with Gasteiger partial charge in [0.25, 0.3) is 0 Å². The first-order valence-electron chi connectivity index (χ1n) is 6.50. The highest BCUT2D eigenvalue weighted by Gasteiger charge is 2.16. The number of aromatic amines is 1. The largest absolute Gasteiger partial charge is 0.481 e. The second-order valence-corrected chi connectivity index (χ2v) is 4.71. The Kier molecular flexibility index (Phi) is 5.81. The molecule has 1 aromatic rings. The van der Waals surface area contributed by atoms with Gasteiger partial charge in [0.2, 0.25) is 0 Å². The van der Waals surface area contributed by atoms with Crippen LogP contribution in [0.5, 0.6) is 0 Å². The molecule has 0 bridgehead atoms. The van der Waals surface area contributed by atoms with Crippen LogP contribution in [0.4, 0.5) is 0 Å². The van der Waals surface area contributed by atoms with Crippen LogP contribution in [-0.2, 0) is 11.2 Å². The minimum atomic E-state index is -0.637. The minimum Gasteiger partial charge on any atom is -0.481 e. The van der Waals surface area contributed by atoms with Crippen molar-refractivity contribution in [2.75, 3.05) is 0 Å². The smallest absolute Gasteiger partial charge is 0.306 e. The third-order valence-electron chi connectivity index (χ3n) is 3.30. The quantitative estimate of drug-likeness (QED) is 0.726. The fraction of sp³-hybridized carbons (Fsp3) is 0.643. The van der Waals surface area contributed by atoms with E-state index in [2.05, 4.69) is 24.9 Å². The van der Waals surface area contributed by atoms with E-state index < -0.39 is 5.97 Å². The number of hydrogen-bond donors (Lipinski definition) is 2. The summed E-state index contributed by atoms with van der Waals surface area (Å²) in [6.07, 6.45) is 7.52. The maximum absolute atomic E-state index is 11.1. The zero-order chi connectivity index (χ0) is 12.7. The second-order valence-electron chi connectivity index (χ2n) is 4.71. The molecule has 0 aliphatic heterocycles. The van der Waals surface area contributed by atoms with Crippen molar-refractivity contribution >= 4 is 5.97 Å². The van der Waals surface area contributed by atoms with Gasteiger partial charge >= 0.3 is 5.97 Å². The van der Waals surface area contributed by atoms with Crippen LogP contribution in [0.25, 0.3) is 0 Å². The Balaban J connectivity index is 2.32. The molecule has 1 rings (SSSR count). The lowest BCUT2D eigenvalue weighted by molar-refractivity contribution is -0.142. The lowest BCUT2D eigenvalue weighted by atomic mass is 9.95. The predicted octanol–water partition coefficient (Wildman–Crippen LogP) is 3.54. The van der Waals surface area contributed by atoms with Gasteiger partial charge in [0.05, 0.1) is 5.92 Å². The van der Waals surface area contributed by atoms with Crippen molar-refractivity contribution in [1.29, 1.82) is 0 Å². The first kappa shape index (κ1) is 13.8. The standard InChI is InChI=1S/C14H23NO2/c1-3-4-6-12(14(16)17)7-5-8-13-11(2)9-10-15-13/h9-10,12,15H,3-8H2,1-2H3,(H,16,17). The van der Waals surface area contributed by atoms with Crippen LogP contribution < -0.4 is 0 Å². The van der Waals surface area contributed by atoms with Crippen molar-refractivity contribution in [3.05, 3.63) is 23.5 Å². The molecule has 96 valence electrons. The Labute approximate surface area is 103 Å². The molecule has 2 N–H and O–H groups in total. The molecule has 1 atom stereocenters. The molecule has 0 radical (unpaired) electrons. The molecular weight excluding hydrogens is 214 g/mol. The number of aliphatic carboxylic acids is 1. The lowest BCUT2D eigenvalue weighted by Crippen LogP contribution is -2.13. The predicted molar refractivity (Wildman–Crippen MR) is 69.1 cm³/mol. The van der Waals surface area contributed by atoms with Crippen LogP contribution in [0.3, 0.4) is 0 Å². The fourth-order valence-corrected chi connectivity index (χ4v) is 2.12. The molecule has 0 amide bonds. The number of carbonyl (C=O) groups is 1. The third kappa shape index (κ3) is 4.63. The monoisotopic (exact) mass is 237 g/mol. The SMILES string of the molecule is CCCCC(CCCc1[nH]ccc1C)C(=O)O. The summed E-state index contributed by atoms with van der Waals surface area (Å²) in [6, 6.07) is 2.06. The van der Waals surface area contributed by atoms with E-state index in [4.69, 9.17) is 5.11 Å². The maximum atomic E-state index is 11.1. The van der Waals surface area contributed by atoms with Crippen molar-refractivity contribution in [2.45, 2.75) is 52.4 Å². The van der Waals surface area contributed by atoms with Gasteiger partial charge in [-0.15, -0.1) is 0 Å². The van der Waals surface area contributed by atoms with E-state index in [-0.39, 0.29) is 5.92 Å². The molecule has 0 aliphatic rings. The molecule has 0 saturated heterocycles. The zero-order valence-electron chi connectivity index (χ0n) is 10.8. The van der Waals surface area contributed by atoms with Crippen LogP contribution >= 0.6 is 0 Å². The number of H-pyrrole nitrogens is 1. The number of unbranched alkanes of at least 4 members (excludes halogenated alkanes) is 1. The maximum Gasteiger partial charge on any atom is 0.306 e. The first-order chi connectivity index (χ1) is 8.15. The molecule has 3 heteroatoms. The van der Waals surface area contributed by atoms with E-state index in [1.807, 2.05) is 6.20 Å². The molecular formula is C14H23NO2. The van der Waals surface area contributed by atoms with Crippen molar-refractivity contribution in [1.82, 2.24) is 4.98 Å². The van der Waals surface area contributed by atoms with Gasteiger partial charge in [-0.3, -0.25) is 4.79 Å². The Bertz CT molecular complexity index is 344. The summed E-state index contributed by atoms with van der Waals surface area (Å²) in [5.74, 6) is -0.799. The number of nitrogens with one attached hydrogen (secondary N) is 1. The highest BCUT2D eigenvalue weighted by Crippen LogP contribution is 2.17. The van der Waals surface area contributed by atoms with Gasteiger partial charge in [0.1, 0.15) is 0 Å². The zero-order valence-corrected chi connectivity index (χ0v) is 10.8. The second kappa shape index (κ2) is 7.15. The van der Waals surface area contributed by atoms with E-state index >= 15 is 0 Å². The fourth-order valence-electron chi connectivity index (χ4n) is 2.12. The van der Waals surface area contributed by atoms with Gasteiger partial charge in [-0.2, -0.15) is 0 Å². The van der Waals surface area contributed by atoms with Crippen molar-refractivity contribution in [3.8, 4) is 0 Å². The summed E-state index contributed by atoms with van der Waals surface area (Å²) in [5, 5.41) is 9.10. The number of rotatable bonds is 8. The molecule has 0 fully saturated rings. The van der Waals surface area contributed by atoms with Crippen molar-refractivity contribution < 1.29 is 9.90 Å². The summed E-state index contributed by atoms with van der Waals surface area (Å²) in [4.78, 5) is 14.3. The van der Waals surface area contributed by atoms with E-state index in [0.29, 0.717) is 0 Å². The number of carboxylic acid groups (broad SMARTS) is 1. The Morgan fingerprint density at radius 2 is 2.12 bits per heavy atom. The van der Waals surface area contributed by atoms with Gasteiger partial charge in [0.15, 0.2) is 0 Å². The summed E-state index contributed by atoms with van der Waals surface area (Å²) in [7, 11) is 0. The topological polar surface area (TPSA) is 53.1 Å². The Hall–Kier alpha value is -1.25. The van der Waals surface area contributed by atoms with Crippen molar-refractivity contribution in [3.63, 3.8) is 0 Å². The molecule has 0 saturated carbocycles. The van der Waals surface area contributed by atoms with E-state index in [1.165, 1.54) is 11.3 Å². The van der Waals surface area contributed by atoms with Gasteiger partial charge in [-0.1, -0.05) is 19.8 Å². The van der Waals surface area contributed by atoms with Gasteiger partial charge < -0.3 is 10.1 Å². The first-order valence-corrected chi connectivity index (χ1v) is 6.50. The number of carboxylic acids is 1. The van der Waals surface area contributed by atoms with Crippen LogP contribution in [0.15, 0.2) is 12.3 Å². The third-order valence-corrected chi connectivity index (χ3v) is 3.30. The normalized spacial score (nSPS) is 12.6. The highest BCUT2D eigenvalue weighted by atomic mass is 16.4. The molecule has 1 aromatic heterocycles. The minimum absolute atomic E-state index is 0.162. The number of aryl methyl sites for hydroxylation is 2. The molecule has 1 unspecified atom stereocenters. The van der Waals surface area contributed by atoms with E-state index in [0.717, 1.165) is 38.5 Å². The van der Waals surface area contributed by atoms with Crippen LogP contribution in [0.1, 0.15) is 50.3 Å².